The molecular weight excluding hydrogens is 283 g/mol. The number of hydrogen-bond donors (Lipinski definition) is 1. The summed E-state index contributed by atoms with van der Waals surface area (Å²) in [6.45, 7) is 5.10. The molecule has 0 fully saturated rings. The van der Waals surface area contributed by atoms with E-state index in [0.717, 1.165) is 18.6 Å². The van der Waals surface area contributed by atoms with Crippen molar-refractivity contribution in [2.75, 3.05) is 18.0 Å². The number of carboxylic acids is 1. The van der Waals surface area contributed by atoms with E-state index in [0.29, 0.717) is 24.9 Å². The number of aliphatic carboxylic acids is 1. The van der Waals surface area contributed by atoms with Crippen molar-refractivity contribution in [3.63, 3.8) is 0 Å². The van der Waals surface area contributed by atoms with Gasteiger partial charge in [0.2, 0.25) is 0 Å². The molecule has 0 aliphatic carbocycles. The summed E-state index contributed by atoms with van der Waals surface area (Å²) in [6.07, 6.45) is -2.03. The van der Waals surface area contributed by atoms with Crippen molar-refractivity contribution in [2.24, 2.45) is 0 Å². The van der Waals surface area contributed by atoms with E-state index in [-0.39, 0.29) is 5.56 Å². The van der Waals surface area contributed by atoms with Crippen LogP contribution in [0.1, 0.15) is 31.4 Å². The van der Waals surface area contributed by atoms with Crippen LogP contribution >= 0.6 is 0 Å². The van der Waals surface area contributed by atoms with Gasteiger partial charge < -0.3 is 10.0 Å². The number of anilines is 1. The molecule has 0 amide bonds. The molecule has 0 aliphatic heterocycles. The number of alkyl halides is 3. The molecule has 0 aromatic heterocycles. The van der Waals surface area contributed by atoms with E-state index in [1.54, 1.807) is 6.07 Å². The van der Waals surface area contributed by atoms with Crippen LogP contribution in [0, 0.1) is 0 Å². The monoisotopic (exact) mass is 301 g/mol. The van der Waals surface area contributed by atoms with Crippen LogP contribution in [0.25, 0.3) is 6.08 Å². The van der Waals surface area contributed by atoms with E-state index in [2.05, 4.69) is 0 Å². The Balaban J connectivity index is 3.27. The quantitative estimate of drug-likeness (QED) is 0.806. The SMILES string of the molecule is CCCN(CC)c1ccc(/C=C/C(=O)O)c(C(F)(F)F)c1. The molecule has 6 heteroatoms. The Labute approximate surface area is 121 Å². The first-order valence-corrected chi connectivity index (χ1v) is 6.66. The minimum absolute atomic E-state index is 0.152. The van der Waals surface area contributed by atoms with Gasteiger partial charge in [-0.2, -0.15) is 13.2 Å². The highest BCUT2D eigenvalue weighted by Crippen LogP contribution is 2.35. The summed E-state index contributed by atoms with van der Waals surface area (Å²) in [5.41, 5.74) is -0.493. The number of carbonyl (C=O) groups is 1. The van der Waals surface area contributed by atoms with Gasteiger partial charge in [0.25, 0.3) is 0 Å². The Hall–Kier alpha value is -1.98. The van der Waals surface area contributed by atoms with Gasteiger partial charge in [0.15, 0.2) is 0 Å². The summed E-state index contributed by atoms with van der Waals surface area (Å²) >= 11 is 0. The number of benzene rings is 1. The van der Waals surface area contributed by atoms with E-state index in [1.165, 1.54) is 6.07 Å². The molecule has 3 nitrogen and oxygen atoms in total. The highest BCUT2D eigenvalue weighted by Gasteiger charge is 2.33. The zero-order valence-electron chi connectivity index (χ0n) is 11.9. The lowest BCUT2D eigenvalue weighted by molar-refractivity contribution is -0.137. The van der Waals surface area contributed by atoms with Crippen LogP contribution in [0.2, 0.25) is 0 Å². The van der Waals surface area contributed by atoms with E-state index < -0.39 is 17.7 Å². The molecule has 0 radical (unpaired) electrons. The third kappa shape index (κ3) is 4.81. The molecule has 0 bridgehead atoms. The van der Waals surface area contributed by atoms with E-state index >= 15 is 0 Å². The fourth-order valence-corrected chi connectivity index (χ4v) is 2.03. The molecule has 0 aliphatic rings. The molecule has 0 saturated carbocycles. The Morgan fingerprint density at radius 1 is 1.33 bits per heavy atom. The maximum Gasteiger partial charge on any atom is 0.417 e. The Bertz CT molecular complexity index is 524. The van der Waals surface area contributed by atoms with Crippen LogP contribution in [0.3, 0.4) is 0 Å². The summed E-state index contributed by atoms with van der Waals surface area (Å²) in [5.74, 6) is -1.28. The first kappa shape index (κ1) is 17.1. The van der Waals surface area contributed by atoms with Crippen molar-refractivity contribution < 1.29 is 23.1 Å². The van der Waals surface area contributed by atoms with Gasteiger partial charge in [0.05, 0.1) is 5.56 Å². The molecule has 1 N–H and O–H groups in total. The largest absolute Gasteiger partial charge is 0.478 e. The molecule has 0 saturated heterocycles. The summed E-state index contributed by atoms with van der Waals surface area (Å²) in [5, 5.41) is 8.54. The van der Waals surface area contributed by atoms with Gasteiger partial charge in [-0.15, -0.1) is 0 Å². The minimum atomic E-state index is -4.53. The number of nitrogens with zero attached hydrogens (tertiary/aromatic N) is 1. The van der Waals surface area contributed by atoms with E-state index in [9.17, 15) is 18.0 Å². The first-order valence-electron chi connectivity index (χ1n) is 6.66. The number of halogens is 3. The summed E-state index contributed by atoms with van der Waals surface area (Å²) in [4.78, 5) is 12.3. The molecule has 0 unspecified atom stereocenters. The molecule has 1 aromatic rings. The van der Waals surface area contributed by atoms with Crippen molar-refractivity contribution in [3.8, 4) is 0 Å². The molecule has 0 spiro atoms. The lowest BCUT2D eigenvalue weighted by atomic mass is 10.0. The number of rotatable bonds is 6. The topological polar surface area (TPSA) is 40.5 Å². The minimum Gasteiger partial charge on any atom is -0.478 e. The smallest absolute Gasteiger partial charge is 0.417 e. The van der Waals surface area contributed by atoms with E-state index in [4.69, 9.17) is 5.11 Å². The van der Waals surface area contributed by atoms with Crippen LogP contribution in [0.5, 0.6) is 0 Å². The van der Waals surface area contributed by atoms with Crippen molar-refractivity contribution in [3.05, 3.63) is 35.4 Å². The molecule has 1 aromatic carbocycles. The summed E-state index contributed by atoms with van der Waals surface area (Å²) < 4.78 is 39.3. The second-order valence-corrected chi connectivity index (χ2v) is 4.52. The van der Waals surface area contributed by atoms with Crippen molar-refractivity contribution in [1.29, 1.82) is 0 Å². The Kier molecular flexibility index (Phi) is 5.81. The van der Waals surface area contributed by atoms with Gasteiger partial charge in [-0.25, -0.2) is 4.79 Å². The van der Waals surface area contributed by atoms with Gasteiger partial charge in [0.1, 0.15) is 0 Å². The van der Waals surface area contributed by atoms with Crippen LogP contribution in [-0.4, -0.2) is 24.2 Å². The molecule has 0 heterocycles. The highest BCUT2D eigenvalue weighted by atomic mass is 19.4. The normalized spacial score (nSPS) is 11.9. The summed E-state index contributed by atoms with van der Waals surface area (Å²) in [6, 6.07) is 3.95. The number of hydrogen-bond acceptors (Lipinski definition) is 2. The summed E-state index contributed by atoms with van der Waals surface area (Å²) in [7, 11) is 0. The predicted octanol–water partition coefficient (Wildman–Crippen LogP) is 4.04. The van der Waals surface area contributed by atoms with Crippen LogP contribution < -0.4 is 4.90 Å². The highest BCUT2D eigenvalue weighted by molar-refractivity contribution is 5.85. The second kappa shape index (κ2) is 7.15. The standard InChI is InChI=1S/C15H18F3NO2/c1-3-9-19(4-2)12-7-5-11(6-8-14(20)21)13(10-12)15(16,17)18/h5-8,10H,3-4,9H2,1-2H3,(H,20,21)/b8-6+. The van der Waals surface area contributed by atoms with Gasteiger partial charge in [-0.3, -0.25) is 0 Å². The van der Waals surface area contributed by atoms with Crippen LogP contribution in [0.15, 0.2) is 24.3 Å². The number of carboxylic acid groups (broad SMARTS) is 1. The van der Waals surface area contributed by atoms with Gasteiger partial charge >= 0.3 is 12.1 Å². The lowest BCUT2D eigenvalue weighted by Gasteiger charge is -2.24. The second-order valence-electron chi connectivity index (χ2n) is 4.52. The predicted molar refractivity (Wildman–Crippen MR) is 76.3 cm³/mol. The average Bonchev–Trinajstić information content (AvgIpc) is 2.41. The molecule has 21 heavy (non-hydrogen) atoms. The van der Waals surface area contributed by atoms with E-state index in [1.807, 2.05) is 18.7 Å². The van der Waals surface area contributed by atoms with Crippen LogP contribution in [0.4, 0.5) is 18.9 Å². The molecule has 116 valence electrons. The zero-order valence-corrected chi connectivity index (χ0v) is 11.9. The van der Waals surface area contributed by atoms with Gasteiger partial charge in [-0.05, 0) is 37.1 Å². The fraction of sp³-hybridized carbons (Fsp3) is 0.400. The lowest BCUT2D eigenvalue weighted by Crippen LogP contribution is -2.24. The van der Waals surface area contributed by atoms with Crippen molar-refractivity contribution in [1.82, 2.24) is 0 Å². The molecule has 0 atom stereocenters. The van der Waals surface area contributed by atoms with Crippen molar-refractivity contribution in [2.45, 2.75) is 26.4 Å². The fourth-order valence-electron chi connectivity index (χ4n) is 2.03. The Morgan fingerprint density at radius 2 is 2.00 bits per heavy atom. The van der Waals surface area contributed by atoms with Gasteiger partial charge in [-0.1, -0.05) is 13.0 Å². The van der Waals surface area contributed by atoms with Crippen LogP contribution in [-0.2, 0) is 11.0 Å². The van der Waals surface area contributed by atoms with Crippen molar-refractivity contribution >= 4 is 17.7 Å². The third-order valence-electron chi connectivity index (χ3n) is 2.99. The molecule has 1 rings (SSSR count). The first-order chi connectivity index (χ1) is 9.79. The average molecular weight is 301 g/mol. The molecular formula is C15H18F3NO2. The zero-order chi connectivity index (χ0) is 16.0. The van der Waals surface area contributed by atoms with Gasteiger partial charge in [0, 0.05) is 24.9 Å². The third-order valence-corrected chi connectivity index (χ3v) is 2.99. The maximum atomic E-state index is 13.1. The maximum absolute atomic E-state index is 13.1. The Morgan fingerprint density at radius 3 is 2.48 bits per heavy atom.